The molecular weight excluding hydrogens is 490 g/mol. The molecule has 10 nitrogen and oxygen atoms in total. The number of urea groups is 1. The average molecular weight is 516 g/mol. The zero-order valence-electron chi connectivity index (χ0n) is 20.7. The molecular formula is C28H25N3O7. The molecule has 1 heterocycles. The Kier molecular flexibility index (Phi) is 7.72. The lowest BCUT2D eigenvalue weighted by Gasteiger charge is -2.12. The molecule has 1 saturated heterocycles. The van der Waals surface area contributed by atoms with E-state index < -0.39 is 30.4 Å². The van der Waals surface area contributed by atoms with Gasteiger partial charge in [-0.15, -0.1) is 0 Å². The van der Waals surface area contributed by atoms with Crippen LogP contribution in [0.25, 0.3) is 6.08 Å². The van der Waals surface area contributed by atoms with E-state index >= 15 is 0 Å². The van der Waals surface area contributed by atoms with Crippen LogP contribution >= 0.6 is 0 Å². The number of rotatable bonds is 9. The number of carbonyl (C=O) groups excluding carboxylic acids is 3. The molecule has 194 valence electrons. The number of amides is 4. The molecule has 4 amide bonds. The van der Waals surface area contributed by atoms with Gasteiger partial charge in [-0.3, -0.25) is 9.59 Å². The smallest absolute Gasteiger partial charge is 0.335 e. The van der Waals surface area contributed by atoms with E-state index in [1.807, 2.05) is 13.0 Å². The summed E-state index contributed by atoms with van der Waals surface area (Å²) in [5, 5.41) is 14.3. The summed E-state index contributed by atoms with van der Waals surface area (Å²) in [5.74, 6) is -1.38. The lowest BCUT2D eigenvalue weighted by molar-refractivity contribution is -0.127. The van der Waals surface area contributed by atoms with Crippen LogP contribution in [0.1, 0.15) is 27.0 Å². The van der Waals surface area contributed by atoms with Crippen molar-refractivity contribution in [1.29, 1.82) is 0 Å². The van der Waals surface area contributed by atoms with Gasteiger partial charge in [0.15, 0.2) is 11.5 Å². The van der Waals surface area contributed by atoms with Crippen LogP contribution in [0, 0.1) is 6.92 Å². The Bertz CT molecular complexity index is 1450. The third kappa shape index (κ3) is 6.16. The zero-order valence-corrected chi connectivity index (χ0v) is 20.7. The lowest BCUT2D eigenvalue weighted by Crippen LogP contribution is -2.38. The quantitative estimate of drug-likeness (QED) is 0.291. The number of ether oxygens (including phenoxy) is 2. The van der Waals surface area contributed by atoms with Crippen LogP contribution in [0.3, 0.4) is 0 Å². The molecule has 0 atom stereocenters. The first kappa shape index (κ1) is 26.0. The number of carbonyl (C=O) groups is 4. The van der Waals surface area contributed by atoms with Gasteiger partial charge in [-0.1, -0.05) is 30.3 Å². The minimum atomic E-state index is -1.03. The predicted octanol–water partition coefficient (Wildman–Crippen LogP) is 3.81. The van der Waals surface area contributed by atoms with Crippen LogP contribution in [0.4, 0.5) is 10.5 Å². The molecule has 0 unspecified atom stereocenters. The van der Waals surface area contributed by atoms with E-state index in [0.717, 1.165) is 10.5 Å². The summed E-state index contributed by atoms with van der Waals surface area (Å²) in [5.41, 5.74) is 2.93. The van der Waals surface area contributed by atoms with E-state index in [1.165, 1.54) is 25.3 Å². The van der Waals surface area contributed by atoms with E-state index in [4.69, 9.17) is 14.6 Å². The van der Waals surface area contributed by atoms with Gasteiger partial charge in [0, 0.05) is 5.69 Å². The molecule has 0 aromatic heterocycles. The van der Waals surface area contributed by atoms with Crippen molar-refractivity contribution in [2.75, 3.05) is 19.0 Å². The average Bonchev–Trinajstić information content (AvgIpc) is 3.15. The third-order valence-electron chi connectivity index (χ3n) is 5.63. The number of methoxy groups -OCH3 is 1. The maximum Gasteiger partial charge on any atom is 0.335 e. The van der Waals surface area contributed by atoms with Gasteiger partial charge >= 0.3 is 12.0 Å². The Hall–Kier alpha value is -5.12. The molecule has 0 aliphatic carbocycles. The van der Waals surface area contributed by atoms with Crippen molar-refractivity contribution in [3.63, 3.8) is 0 Å². The maximum atomic E-state index is 12.8. The molecule has 3 aromatic carbocycles. The molecule has 3 aromatic rings. The number of hydrogen-bond acceptors (Lipinski definition) is 6. The first-order valence-electron chi connectivity index (χ1n) is 11.6. The van der Waals surface area contributed by atoms with Gasteiger partial charge in [0.2, 0.25) is 5.91 Å². The molecule has 3 N–H and O–H groups in total. The number of aromatic carboxylic acids is 1. The monoisotopic (exact) mass is 515 g/mol. The lowest BCUT2D eigenvalue weighted by atomic mass is 10.1. The zero-order chi connectivity index (χ0) is 27.2. The van der Waals surface area contributed by atoms with Gasteiger partial charge in [0.1, 0.15) is 18.8 Å². The highest BCUT2D eigenvalue weighted by Crippen LogP contribution is 2.30. The SMILES string of the molecule is COc1cc(/C=C2\NC(=O)N(CC(=O)Nc3cccc(C)c3)C2=O)ccc1OCc1cccc(C(=O)O)c1. The van der Waals surface area contributed by atoms with E-state index in [1.54, 1.807) is 48.5 Å². The summed E-state index contributed by atoms with van der Waals surface area (Å²) >= 11 is 0. The number of anilines is 1. The summed E-state index contributed by atoms with van der Waals surface area (Å²) in [6, 6.07) is 17.8. The van der Waals surface area contributed by atoms with E-state index in [0.29, 0.717) is 28.3 Å². The van der Waals surface area contributed by atoms with Crippen LogP contribution in [-0.2, 0) is 16.2 Å². The Morgan fingerprint density at radius 1 is 1.03 bits per heavy atom. The first-order chi connectivity index (χ1) is 18.2. The molecule has 1 fully saturated rings. The molecule has 0 spiro atoms. The van der Waals surface area contributed by atoms with Gasteiger partial charge in [0.05, 0.1) is 12.7 Å². The summed E-state index contributed by atoms with van der Waals surface area (Å²) in [4.78, 5) is 49.6. The van der Waals surface area contributed by atoms with Gasteiger partial charge in [-0.2, -0.15) is 0 Å². The van der Waals surface area contributed by atoms with Crippen molar-refractivity contribution in [3.05, 3.63) is 94.7 Å². The largest absolute Gasteiger partial charge is 0.493 e. The fraction of sp³-hybridized carbons (Fsp3) is 0.143. The van der Waals surface area contributed by atoms with Crippen molar-refractivity contribution >= 4 is 35.6 Å². The van der Waals surface area contributed by atoms with Crippen molar-refractivity contribution in [2.24, 2.45) is 0 Å². The van der Waals surface area contributed by atoms with E-state index in [-0.39, 0.29) is 17.9 Å². The van der Waals surface area contributed by atoms with E-state index in [9.17, 15) is 19.2 Å². The van der Waals surface area contributed by atoms with Crippen LogP contribution in [0.15, 0.2) is 72.4 Å². The van der Waals surface area contributed by atoms with Gasteiger partial charge < -0.3 is 25.2 Å². The second-order valence-electron chi connectivity index (χ2n) is 8.50. The Balaban J connectivity index is 1.43. The molecule has 0 saturated carbocycles. The molecule has 10 heteroatoms. The minimum absolute atomic E-state index is 0.0135. The molecule has 1 aliphatic heterocycles. The fourth-order valence-corrected chi connectivity index (χ4v) is 3.80. The number of carboxylic acid groups (broad SMARTS) is 1. The number of nitrogens with zero attached hydrogens (tertiary/aromatic N) is 1. The normalized spacial score (nSPS) is 13.8. The standard InChI is InChI=1S/C28H25N3O7/c1-17-5-3-8-21(11-17)29-25(32)15-31-26(33)22(30-28(31)36)13-18-9-10-23(24(14-18)37-2)38-16-19-6-4-7-20(12-19)27(34)35/h3-14H,15-16H2,1-2H3,(H,29,32)(H,30,36)(H,34,35)/b22-13-. The van der Waals surface area contributed by atoms with Crippen LogP contribution < -0.4 is 20.1 Å². The number of aryl methyl sites for hydroxylation is 1. The van der Waals surface area contributed by atoms with Crippen LogP contribution in [-0.4, -0.2) is 47.5 Å². The Morgan fingerprint density at radius 3 is 2.55 bits per heavy atom. The molecule has 1 aliphatic rings. The van der Waals surface area contributed by atoms with E-state index in [2.05, 4.69) is 10.6 Å². The highest BCUT2D eigenvalue weighted by Gasteiger charge is 2.35. The number of carboxylic acids is 1. The summed E-state index contributed by atoms with van der Waals surface area (Å²) in [6.45, 7) is 1.57. The van der Waals surface area contributed by atoms with Crippen LogP contribution in [0.5, 0.6) is 11.5 Å². The summed E-state index contributed by atoms with van der Waals surface area (Å²) in [7, 11) is 1.46. The summed E-state index contributed by atoms with van der Waals surface area (Å²) in [6.07, 6.45) is 1.47. The molecule has 0 bridgehead atoms. The number of hydrogen-bond donors (Lipinski definition) is 3. The minimum Gasteiger partial charge on any atom is -0.493 e. The first-order valence-corrected chi connectivity index (χ1v) is 11.6. The number of imide groups is 1. The Labute approximate surface area is 218 Å². The molecule has 0 radical (unpaired) electrons. The highest BCUT2D eigenvalue weighted by molar-refractivity contribution is 6.16. The Morgan fingerprint density at radius 2 is 1.82 bits per heavy atom. The second-order valence-corrected chi connectivity index (χ2v) is 8.50. The van der Waals surface area contributed by atoms with Gasteiger partial charge in [-0.25, -0.2) is 14.5 Å². The van der Waals surface area contributed by atoms with Crippen molar-refractivity contribution in [1.82, 2.24) is 10.2 Å². The number of nitrogens with one attached hydrogen (secondary N) is 2. The van der Waals surface area contributed by atoms with Crippen LogP contribution in [0.2, 0.25) is 0 Å². The second kappa shape index (κ2) is 11.3. The predicted molar refractivity (Wildman–Crippen MR) is 139 cm³/mol. The maximum absolute atomic E-state index is 12.8. The topological polar surface area (TPSA) is 134 Å². The fourth-order valence-electron chi connectivity index (χ4n) is 3.80. The third-order valence-corrected chi connectivity index (χ3v) is 5.63. The molecule has 38 heavy (non-hydrogen) atoms. The van der Waals surface area contributed by atoms with Crippen molar-refractivity contribution in [2.45, 2.75) is 13.5 Å². The number of benzene rings is 3. The molecule has 4 rings (SSSR count). The van der Waals surface area contributed by atoms with Gasteiger partial charge in [-0.05, 0) is 66.1 Å². The van der Waals surface area contributed by atoms with Gasteiger partial charge in [0.25, 0.3) is 5.91 Å². The van der Waals surface area contributed by atoms with Crippen molar-refractivity contribution in [3.8, 4) is 11.5 Å². The van der Waals surface area contributed by atoms with Crippen molar-refractivity contribution < 1.29 is 33.8 Å². The highest BCUT2D eigenvalue weighted by atomic mass is 16.5. The summed E-state index contributed by atoms with van der Waals surface area (Å²) < 4.78 is 11.2.